The van der Waals surface area contributed by atoms with Crippen LogP contribution in [0.15, 0.2) is 121 Å². The normalized spacial score (nSPS) is 10.2. The summed E-state index contributed by atoms with van der Waals surface area (Å²) in [6.07, 6.45) is -1.22. The van der Waals surface area contributed by atoms with Gasteiger partial charge in [0.25, 0.3) is 0 Å². The van der Waals surface area contributed by atoms with E-state index in [1.807, 2.05) is 0 Å². The van der Waals surface area contributed by atoms with Crippen LogP contribution in [0.4, 0.5) is 0 Å². The Morgan fingerprint density at radius 2 is 0.567 bits per heavy atom. The third-order valence-corrected chi connectivity index (χ3v) is 5.20. The Hall–Kier alpha value is -2.11. The van der Waals surface area contributed by atoms with Crippen LogP contribution in [0.2, 0.25) is 0 Å². The van der Waals surface area contributed by atoms with Crippen molar-refractivity contribution in [3.63, 3.8) is 0 Å². The van der Waals surface area contributed by atoms with Gasteiger partial charge in [0.05, 0.1) is 0 Å². The molecule has 4 rings (SSSR count). The van der Waals surface area contributed by atoms with Gasteiger partial charge in [-0.15, -0.1) is 0 Å². The SMILES string of the molecule is OB(O)O.[NaH].c1ccc([B-](c2ccccc2)(c2ccccc2)c2ccccc2)cc1. The van der Waals surface area contributed by atoms with Gasteiger partial charge in [-0.25, -0.2) is 0 Å². The Bertz CT molecular complexity index is 820. The van der Waals surface area contributed by atoms with Crippen LogP contribution in [0.3, 0.4) is 0 Å². The topological polar surface area (TPSA) is 60.7 Å². The fourth-order valence-corrected chi connectivity index (χ4v) is 4.12. The minimum absolute atomic E-state index is 0. The van der Waals surface area contributed by atoms with E-state index < -0.39 is 13.5 Å². The minimum Gasteiger partial charge on any atom is -0.195 e. The molecule has 0 bridgehead atoms. The maximum Gasteiger partial charge on any atom is 0.108 e. The summed E-state index contributed by atoms with van der Waals surface area (Å²) in [7, 11) is -2.17. The average molecular weight is 405 g/mol. The first-order valence-electron chi connectivity index (χ1n) is 9.57. The van der Waals surface area contributed by atoms with Gasteiger partial charge in [-0.3, -0.25) is 0 Å². The first kappa shape index (κ1) is 24.2. The Morgan fingerprint density at radius 3 is 0.733 bits per heavy atom. The Kier molecular flexibility index (Phi) is 9.60. The smallest absolute Gasteiger partial charge is 0.108 e. The molecular formula is C24H24B2NaO3-. The number of benzene rings is 4. The summed E-state index contributed by atoms with van der Waals surface area (Å²) in [4.78, 5) is 0. The standard InChI is InChI=1S/C24H20B.BH3O3.Na.H/c1-5-13-21(14-6-1)25(22-15-7-2-8-16-22,23-17-9-3-10-18-23)24-19-11-4-12-20-24;2-1(3)4;;/h1-20H;2-4H;;/q-1;;;. The molecule has 0 saturated heterocycles. The third kappa shape index (κ3) is 5.52. The molecule has 3 nitrogen and oxygen atoms in total. The van der Waals surface area contributed by atoms with Gasteiger partial charge < -0.3 is 15.1 Å². The van der Waals surface area contributed by atoms with E-state index >= 15 is 0 Å². The van der Waals surface area contributed by atoms with E-state index in [-0.39, 0.29) is 29.6 Å². The van der Waals surface area contributed by atoms with Gasteiger partial charge in [-0.1, -0.05) is 121 Å². The second kappa shape index (κ2) is 11.9. The quantitative estimate of drug-likeness (QED) is 0.430. The molecule has 0 atom stereocenters. The molecule has 0 aliphatic rings. The van der Waals surface area contributed by atoms with Crippen molar-refractivity contribution in [3.8, 4) is 0 Å². The molecule has 3 N–H and O–H groups in total. The van der Waals surface area contributed by atoms with Crippen molar-refractivity contribution in [2.24, 2.45) is 0 Å². The van der Waals surface area contributed by atoms with Gasteiger partial charge in [-0.2, -0.15) is 21.9 Å². The zero-order valence-electron chi connectivity index (χ0n) is 16.0. The fourth-order valence-electron chi connectivity index (χ4n) is 4.12. The zero-order valence-corrected chi connectivity index (χ0v) is 16.0. The summed E-state index contributed by atoms with van der Waals surface area (Å²) in [6, 6.07) is 43.5. The maximum absolute atomic E-state index is 7.17. The molecule has 0 spiro atoms. The minimum atomic E-state index is -2.17. The molecule has 4 aromatic rings. The van der Waals surface area contributed by atoms with E-state index in [4.69, 9.17) is 15.1 Å². The van der Waals surface area contributed by atoms with Crippen molar-refractivity contribution >= 4 is 64.9 Å². The summed E-state index contributed by atoms with van der Waals surface area (Å²) in [6.45, 7) is 0. The number of hydrogen-bond acceptors (Lipinski definition) is 3. The van der Waals surface area contributed by atoms with E-state index in [0.717, 1.165) is 0 Å². The summed E-state index contributed by atoms with van der Waals surface area (Å²) in [5.74, 6) is 0. The van der Waals surface area contributed by atoms with Crippen LogP contribution in [0.25, 0.3) is 0 Å². The molecule has 0 aromatic heterocycles. The van der Waals surface area contributed by atoms with E-state index in [1.54, 1.807) is 0 Å². The third-order valence-electron chi connectivity index (χ3n) is 5.20. The monoisotopic (exact) mass is 405 g/mol. The summed E-state index contributed by atoms with van der Waals surface area (Å²) >= 11 is 0. The van der Waals surface area contributed by atoms with Crippen molar-refractivity contribution in [1.82, 2.24) is 0 Å². The molecule has 0 amide bonds. The summed E-state index contributed by atoms with van der Waals surface area (Å²) in [5, 5.41) is 21.5. The van der Waals surface area contributed by atoms with Crippen LogP contribution in [0.1, 0.15) is 0 Å². The molecule has 0 heterocycles. The predicted octanol–water partition coefficient (Wildman–Crippen LogP) is 0.364. The summed E-state index contributed by atoms with van der Waals surface area (Å²) < 4.78 is 0. The largest absolute Gasteiger partial charge is 0.195 e. The van der Waals surface area contributed by atoms with Crippen LogP contribution in [-0.4, -0.2) is 58.1 Å². The van der Waals surface area contributed by atoms with E-state index in [0.29, 0.717) is 0 Å². The molecule has 0 aliphatic carbocycles. The van der Waals surface area contributed by atoms with Crippen LogP contribution >= 0.6 is 0 Å². The molecule has 0 aliphatic heterocycles. The van der Waals surface area contributed by atoms with E-state index in [9.17, 15) is 0 Å². The molecule has 0 unspecified atom stereocenters. The molecular weight excluding hydrogens is 381 g/mol. The van der Waals surface area contributed by atoms with Gasteiger partial charge in [0.2, 0.25) is 0 Å². The van der Waals surface area contributed by atoms with Crippen molar-refractivity contribution in [3.05, 3.63) is 121 Å². The van der Waals surface area contributed by atoms with E-state index in [1.165, 1.54) is 21.9 Å². The van der Waals surface area contributed by atoms with Gasteiger partial charge in [0, 0.05) is 0 Å². The average Bonchev–Trinajstić information content (AvgIpc) is 2.77. The van der Waals surface area contributed by atoms with Crippen LogP contribution in [0.5, 0.6) is 0 Å². The van der Waals surface area contributed by atoms with Crippen LogP contribution < -0.4 is 21.9 Å². The van der Waals surface area contributed by atoms with Crippen molar-refractivity contribution < 1.29 is 15.1 Å². The fraction of sp³-hybridized carbons (Fsp3) is 0. The van der Waals surface area contributed by atoms with Gasteiger partial charge in [0.1, 0.15) is 6.15 Å². The van der Waals surface area contributed by atoms with Crippen molar-refractivity contribution in [2.75, 3.05) is 0 Å². The van der Waals surface area contributed by atoms with Crippen molar-refractivity contribution in [1.29, 1.82) is 0 Å². The second-order valence-electron chi connectivity index (χ2n) is 6.86. The molecule has 30 heavy (non-hydrogen) atoms. The van der Waals surface area contributed by atoms with Crippen molar-refractivity contribution in [2.45, 2.75) is 0 Å². The second-order valence-corrected chi connectivity index (χ2v) is 6.86. The summed E-state index contributed by atoms with van der Waals surface area (Å²) in [5.41, 5.74) is 5.36. The molecule has 0 saturated carbocycles. The van der Waals surface area contributed by atoms with E-state index in [2.05, 4.69) is 121 Å². The molecule has 0 fully saturated rings. The van der Waals surface area contributed by atoms with Gasteiger partial charge in [-0.05, 0) is 0 Å². The molecule has 6 heteroatoms. The Morgan fingerprint density at radius 1 is 0.400 bits per heavy atom. The zero-order chi connectivity index (χ0) is 20.5. The van der Waals surface area contributed by atoms with Gasteiger partial charge >= 0.3 is 36.9 Å². The Balaban J connectivity index is 0.000000591. The maximum atomic E-state index is 7.17. The predicted molar refractivity (Wildman–Crippen MR) is 130 cm³/mol. The van der Waals surface area contributed by atoms with Gasteiger partial charge in [0.15, 0.2) is 0 Å². The number of rotatable bonds is 4. The number of hydrogen-bond donors (Lipinski definition) is 3. The first-order valence-corrected chi connectivity index (χ1v) is 9.57. The Labute approximate surface area is 200 Å². The van der Waals surface area contributed by atoms with Crippen LogP contribution in [-0.2, 0) is 0 Å². The molecule has 4 aromatic carbocycles. The molecule has 146 valence electrons. The van der Waals surface area contributed by atoms with Crippen LogP contribution in [0, 0.1) is 0 Å². The first-order chi connectivity index (χ1) is 14.2. The molecule has 0 radical (unpaired) electrons.